The van der Waals surface area contributed by atoms with Crippen LogP contribution >= 0.6 is 0 Å². The average Bonchev–Trinajstić information content (AvgIpc) is 3.15. The van der Waals surface area contributed by atoms with E-state index in [1.807, 2.05) is 0 Å². The lowest BCUT2D eigenvalue weighted by Gasteiger charge is -2.34. The molecule has 0 aromatic heterocycles. The van der Waals surface area contributed by atoms with Crippen molar-refractivity contribution in [2.75, 3.05) is 52.5 Å². The topological polar surface area (TPSA) is 35.9 Å². The SMILES string of the molecule is CCN1CCN(C[C@H](O)COCC[C@H]2C[C@H]3CC[C@H]2C3)CC1. The minimum Gasteiger partial charge on any atom is -0.389 e. The number of nitrogens with zero attached hydrogens (tertiary/aromatic N) is 2. The van der Waals surface area contributed by atoms with Crippen molar-refractivity contribution in [3.8, 4) is 0 Å². The Balaban J connectivity index is 1.23. The molecule has 1 saturated heterocycles. The van der Waals surface area contributed by atoms with Crippen LogP contribution in [0.25, 0.3) is 0 Å². The molecule has 0 aromatic rings. The number of rotatable bonds is 8. The summed E-state index contributed by atoms with van der Waals surface area (Å²) in [5.41, 5.74) is 0. The van der Waals surface area contributed by atoms with Gasteiger partial charge in [-0.2, -0.15) is 0 Å². The predicted octanol–water partition coefficient (Wildman–Crippen LogP) is 1.83. The summed E-state index contributed by atoms with van der Waals surface area (Å²) < 4.78 is 5.76. The number of β-amino-alcohol motifs (C(OH)–C–C–N with tert-alkyl or cyclic N) is 1. The summed E-state index contributed by atoms with van der Waals surface area (Å²) in [6.07, 6.45) is 6.75. The lowest BCUT2D eigenvalue weighted by molar-refractivity contribution is 0.00276. The van der Waals surface area contributed by atoms with Crippen molar-refractivity contribution >= 4 is 0 Å². The Hall–Kier alpha value is -0.160. The molecule has 4 atom stereocenters. The highest BCUT2D eigenvalue weighted by Gasteiger charge is 2.38. The summed E-state index contributed by atoms with van der Waals surface area (Å²) in [4.78, 5) is 4.84. The van der Waals surface area contributed by atoms with Crippen molar-refractivity contribution in [2.45, 2.75) is 45.1 Å². The summed E-state index contributed by atoms with van der Waals surface area (Å²) in [5, 5.41) is 10.1. The van der Waals surface area contributed by atoms with Crippen LogP contribution in [0.3, 0.4) is 0 Å². The standard InChI is InChI=1S/C18H34N2O2/c1-2-19-6-8-20(9-7-19)13-18(21)14-22-10-5-17-12-15-3-4-16(17)11-15/h15-18,21H,2-14H2,1H3/t15-,16-,17-,18-/m0/s1. The summed E-state index contributed by atoms with van der Waals surface area (Å²) >= 11 is 0. The largest absolute Gasteiger partial charge is 0.389 e. The number of ether oxygens (including phenoxy) is 1. The molecule has 1 N–H and O–H groups in total. The fourth-order valence-electron chi connectivity index (χ4n) is 4.82. The van der Waals surface area contributed by atoms with E-state index in [-0.39, 0.29) is 6.10 Å². The van der Waals surface area contributed by atoms with Crippen molar-refractivity contribution in [3.05, 3.63) is 0 Å². The lowest BCUT2D eigenvalue weighted by Crippen LogP contribution is -2.48. The Morgan fingerprint density at radius 2 is 1.86 bits per heavy atom. The normalized spacial score (nSPS) is 34.4. The van der Waals surface area contributed by atoms with Gasteiger partial charge in [0, 0.05) is 39.3 Å². The molecular formula is C18H34N2O2. The molecule has 0 amide bonds. The van der Waals surface area contributed by atoms with Gasteiger partial charge in [-0.15, -0.1) is 0 Å². The second-order valence-electron chi connectivity index (χ2n) is 7.69. The Bertz CT molecular complexity index is 331. The molecule has 4 nitrogen and oxygen atoms in total. The van der Waals surface area contributed by atoms with Crippen molar-refractivity contribution in [1.82, 2.24) is 9.80 Å². The van der Waals surface area contributed by atoms with Crippen molar-refractivity contribution in [2.24, 2.45) is 17.8 Å². The third kappa shape index (κ3) is 4.44. The number of hydrogen-bond acceptors (Lipinski definition) is 4. The van der Waals surface area contributed by atoms with E-state index in [0.29, 0.717) is 6.61 Å². The first kappa shape index (κ1) is 16.7. The third-order valence-corrected chi connectivity index (χ3v) is 6.21. The molecule has 22 heavy (non-hydrogen) atoms. The monoisotopic (exact) mass is 310 g/mol. The van der Waals surface area contributed by atoms with Crippen LogP contribution in [0.4, 0.5) is 0 Å². The predicted molar refractivity (Wildman–Crippen MR) is 88.9 cm³/mol. The molecule has 0 radical (unpaired) electrons. The fourth-order valence-corrected chi connectivity index (χ4v) is 4.82. The molecule has 2 saturated carbocycles. The first-order valence-corrected chi connectivity index (χ1v) is 9.45. The van der Waals surface area contributed by atoms with Crippen LogP contribution in [-0.2, 0) is 4.74 Å². The van der Waals surface area contributed by atoms with Gasteiger partial charge in [0.15, 0.2) is 0 Å². The first-order valence-electron chi connectivity index (χ1n) is 9.45. The maximum Gasteiger partial charge on any atom is 0.0900 e. The molecule has 0 aromatic carbocycles. The average molecular weight is 310 g/mol. The number of likely N-dealkylation sites (N-methyl/N-ethyl adjacent to an activating group) is 1. The van der Waals surface area contributed by atoms with E-state index in [2.05, 4.69) is 16.7 Å². The maximum atomic E-state index is 10.1. The Morgan fingerprint density at radius 1 is 1.09 bits per heavy atom. The molecule has 1 heterocycles. The van der Waals surface area contributed by atoms with E-state index in [4.69, 9.17) is 4.74 Å². The van der Waals surface area contributed by atoms with Crippen molar-refractivity contribution in [3.63, 3.8) is 0 Å². The van der Waals surface area contributed by atoms with Gasteiger partial charge in [-0.05, 0) is 50.0 Å². The molecule has 3 aliphatic rings. The van der Waals surface area contributed by atoms with Crippen LogP contribution in [0, 0.1) is 17.8 Å². The molecule has 4 heteroatoms. The summed E-state index contributed by atoms with van der Waals surface area (Å²) in [5.74, 6) is 2.94. The Kier molecular flexibility index (Phi) is 6.14. The molecule has 2 bridgehead atoms. The number of aliphatic hydroxyl groups excluding tert-OH is 1. The molecule has 0 spiro atoms. The molecule has 2 aliphatic carbocycles. The van der Waals surface area contributed by atoms with Gasteiger partial charge < -0.3 is 14.7 Å². The van der Waals surface area contributed by atoms with Crippen LogP contribution in [0.15, 0.2) is 0 Å². The zero-order valence-electron chi connectivity index (χ0n) is 14.3. The second kappa shape index (κ2) is 8.09. The van der Waals surface area contributed by atoms with Crippen LogP contribution in [0.1, 0.15) is 39.0 Å². The number of piperazine rings is 1. The van der Waals surface area contributed by atoms with Gasteiger partial charge in [-0.1, -0.05) is 13.3 Å². The van der Waals surface area contributed by atoms with Crippen molar-refractivity contribution in [1.29, 1.82) is 0 Å². The summed E-state index contributed by atoms with van der Waals surface area (Å²) in [6.45, 7) is 9.90. The highest BCUT2D eigenvalue weighted by molar-refractivity contribution is 4.89. The molecule has 1 aliphatic heterocycles. The van der Waals surface area contributed by atoms with E-state index < -0.39 is 0 Å². The van der Waals surface area contributed by atoms with E-state index in [1.165, 1.54) is 32.1 Å². The smallest absolute Gasteiger partial charge is 0.0900 e. The highest BCUT2D eigenvalue weighted by Crippen LogP contribution is 2.49. The zero-order chi connectivity index (χ0) is 15.4. The van der Waals surface area contributed by atoms with Gasteiger partial charge in [0.05, 0.1) is 12.7 Å². The van der Waals surface area contributed by atoms with E-state index in [1.54, 1.807) is 0 Å². The van der Waals surface area contributed by atoms with Crippen LogP contribution in [-0.4, -0.2) is 73.5 Å². The molecule has 3 fully saturated rings. The van der Waals surface area contributed by atoms with E-state index in [9.17, 15) is 5.11 Å². The maximum absolute atomic E-state index is 10.1. The number of aliphatic hydroxyl groups is 1. The summed E-state index contributed by atoms with van der Waals surface area (Å²) in [7, 11) is 0. The minimum atomic E-state index is -0.326. The zero-order valence-corrected chi connectivity index (χ0v) is 14.3. The molecular weight excluding hydrogens is 276 g/mol. The second-order valence-corrected chi connectivity index (χ2v) is 7.69. The minimum absolute atomic E-state index is 0.326. The van der Waals surface area contributed by atoms with Gasteiger partial charge in [0.2, 0.25) is 0 Å². The number of hydrogen-bond donors (Lipinski definition) is 1. The van der Waals surface area contributed by atoms with Gasteiger partial charge in [0.1, 0.15) is 0 Å². The molecule has 0 unspecified atom stereocenters. The Labute approximate surface area is 135 Å². The van der Waals surface area contributed by atoms with Gasteiger partial charge >= 0.3 is 0 Å². The third-order valence-electron chi connectivity index (χ3n) is 6.21. The van der Waals surface area contributed by atoms with Crippen LogP contribution in [0.2, 0.25) is 0 Å². The molecule has 3 rings (SSSR count). The number of fused-ring (bicyclic) bond motifs is 2. The van der Waals surface area contributed by atoms with E-state index in [0.717, 1.165) is 63.6 Å². The Morgan fingerprint density at radius 3 is 2.50 bits per heavy atom. The molecule has 128 valence electrons. The van der Waals surface area contributed by atoms with Gasteiger partial charge in [0.25, 0.3) is 0 Å². The van der Waals surface area contributed by atoms with Crippen LogP contribution < -0.4 is 0 Å². The lowest BCUT2D eigenvalue weighted by atomic mass is 9.87. The van der Waals surface area contributed by atoms with E-state index >= 15 is 0 Å². The van der Waals surface area contributed by atoms with Gasteiger partial charge in [-0.3, -0.25) is 4.90 Å². The van der Waals surface area contributed by atoms with Crippen molar-refractivity contribution < 1.29 is 9.84 Å². The van der Waals surface area contributed by atoms with Crippen LogP contribution in [0.5, 0.6) is 0 Å². The van der Waals surface area contributed by atoms with Gasteiger partial charge in [-0.25, -0.2) is 0 Å². The summed E-state index contributed by atoms with van der Waals surface area (Å²) in [6, 6.07) is 0. The first-order chi connectivity index (χ1) is 10.7. The quantitative estimate of drug-likeness (QED) is 0.694. The highest BCUT2D eigenvalue weighted by atomic mass is 16.5. The fraction of sp³-hybridized carbons (Fsp3) is 1.00.